The van der Waals surface area contributed by atoms with Crippen molar-refractivity contribution in [3.63, 3.8) is 0 Å². The Morgan fingerprint density at radius 3 is 2.62 bits per heavy atom. The van der Waals surface area contributed by atoms with Gasteiger partial charge in [0.25, 0.3) is 11.6 Å². The number of benzene rings is 2. The first-order chi connectivity index (χ1) is 12.4. The quantitative estimate of drug-likeness (QED) is 0.511. The topological polar surface area (TPSA) is 85.1 Å². The van der Waals surface area contributed by atoms with E-state index in [0.29, 0.717) is 0 Å². The number of nitro benzene ring substituents is 1. The standard InChI is InChI=1S/C18H14ClN3O3S/c1-11-21-16(10-26-11)13-4-2-12(3-5-13)9-20-18(23)15-7-6-14(19)8-17(15)22(24)25/h2-8,10H,9H2,1H3,(H,20,23). The molecular weight excluding hydrogens is 374 g/mol. The molecule has 0 bridgehead atoms. The molecule has 0 fully saturated rings. The molecule has 1 amide bonds. The lowest BCUT2D eigenvalue weighted by atomic mass is 10.1. The summed E-state index contributed by atoms with van der Waals surface area (Å²) >= 11 is 7.35. The van der Waals surface area contributed by atoms with E-state index in [1.165, 1.54) is 18.2 Å². The second-order valence-electron chi connectivity index (χ2n) is 5.55. The zero-order chi connectivity index (χ0) is 18.7. The Kier molecular flexibility index (Phi) is 5.29. The fourth-order valence-electron chi connectivity index (χ4n) is 2.41. The largest absolute Gasteiger partial charge is 0.348 e. The van der Waals surface area contributed by atoms with E-state index in [-0.39, 0.29) is 22.8 Å². The maximum Gasteiger partial charge on any atom is 0.283 e. The molecule has 8 heteroatoms. The van der Waals surface area contributed by atoms with Gasteiger partial charge in [-0.05, 0) is 24.6 Å². The molecule has 2 aromatic carbocycles. The monoisotopic (exact) mass is 387 g/mol. The van der Waals surface area contributed by atoms with Crippen molar-refractivity contribution in [3.05, 3.63) is 79.1 Å². The Labute approximate surface area is 158 Å². The van der Waals surface area contributed by atoms with Crippen LogP contribution in [0.3, 0.4) is 0 Å². The predicted octanol–water partition coefficient (Wildman–Crippen LogP) is 4.61. The Balaban J connectivity index is 1.69. The molecule has 1 heterocycles. The van der Waals surface area contributed by atoms with Crippen molar-refractivity contribution < 1.29 is 9.72 Å². The minimum Gasteiger partial charge on any atom is -0.348 e. The number of amides is 1. The number of aryl methyl sites for hydroxylation is 1. The minimum absolute atomic E-state index is 0.0195. The maximum atomic E-state index is 12.3. The molecule has 0 aliphatic rings. The van der Waals surface area contributed by atoms with Crippen LogP contribution in [0.1, 0.15) is 20.9 Å². The summed E-state index contributed by atoms with van der Waals surface area (Å²) in [5, 5.41) is 17.0. The summed E-state index contributed by atoms with van der Waals surface area (Å²) in [5.41, 5.74) is 2.46. The first-order valence-electron chi connectivity index (χ1n) is 7.67. The van der Waals surface area contributed by atoms with Gasteiger partial charge in [0.15, 0.2) is 0 Å². The maximum absolute atomic E-state index is 12.3. The third-order valence-electron chi connectivity index (χ3n) is 3.72. The molecule has 0 aliphatic heterocycles. The van der Waals surface area contributed by atoms with Crippen LogP contribution < -0.4 is 5.32 Å². The number of nitro groups is 1. The van der Waals surface area contributed by atoms with Gasteiger partial charge < -0.3 is 5.32 Å². The SMILES string of the molecule is Cc1nc(-c2ccc(CNC(=O)c3ccc(Cl)cc3[N+](=O)[O-])cc2)cs1. The Hall–Kier alpha value is -2.77. The van der Waals surface area contributed by atoms with Crippen molar-refractivity contribution in [1.82, 2.24) is 10.3 Å². The van der Waals surface area contributed by atoms with Crippen molar-refractivity contribution in [2.24, 2.45) is 0 Å². The van der Waals surface area contributed by atoms with Gasteiger partial charge >= 0.3 is 0 Å². The van der Waals surface area contributed by atoms with Gasteiger partial charge in [0.2, 0.25) is 0 Å². The van der Waals surface area contributed by atoms with Gasteiger partial charge in [-0.3, -0.25) is 14.9 Å². The average Bonchev–Trinajstić information content (AvgIpc) is 3.06. The Bertz CT molecular complexity index is 970. The number of carbonyl (C=O) groups excluding carboxylic acids is 1. The highest BCUT2D eigenvalue weighted by molar-refractivity contribution is 7.09. The first kappa shape index (κ1) is 18.0. The van der Waals surface area contributed by atoms with Crippen LogP contribution in [-0.4, -0.2) is 15.8 Å². The number of rotatable bonds is 5. The zero-order valence-corrected chi connectivity index (χ0v) is 15.3. The van der Waals surface area contributed by atoms with Crippen LogP contribution in [-0.2, 0) is 6.54 Å². The Morgan fingerprint density at radius 2 is 2.00 bits per heavy atom. The molecule has 6 nitrogen and oxygen atoms in total. The van der Waals surface area contributed by atoms with Crippen molar-refractivity contribution in [3.8, 4) is 11.3 Å². The molecule has 3 aromatic rings. The molecule has 0 radical (unpaired) electrons. The summed E-state index contributed by atoms with van der Waals surface area (Å²) in [4.78, 5) is 27.2. The molecule has 0 unspecified atom stereocenters. The van der Waals surface area contributed by atoms with Gasteiger partial charge in [-0.25, -0.2) is 4.98 Å². The molecule has 1 N–H and O–H groups in total. The molecule has 1 aromatic heterocycles. The number of nitrogens with one attached hydrogen (secondary N) is 1. The lowest BCUT2D eigenvalue weighted by Gasteiger charge is -2.07. The van der Waals surface area contributed by atoms with Crippen LogP contribution >= 0.6 is 22.9 Å². The van der Waals surface area contributed by atoms with E-state index >= 15 is 0 Å². The molecule has 3 rings (SSSR count). The van der Waals surface area contributed by atoms with Gasteiger partial charge in [-0.1, -0.05) is 35.9 Å². The predicted molar refractivity (Wildman–Crippen MR) is 102 cm³/mol. The number of nitrogens with zero attached hydrogens (tertiary/aromatic N) is 2. The second kappa shape index (κ2) is 7.63. The third kappa shape index (κ3) is 4.07. The van der Waals surface area contributed by atoms with Crippen LogP contribution in [0, 0.1) is 17.0 Å². The van der Waals surface area contributed by atoms with Crippen LogP contribution in [0.25, 0.3) is 11.3 Å². The molecule has 0 atom stereocenters. The smallest absolute Gasteiger partial charge is 0.283 e. The summed E-state index contributed by atoms with van der Waals surface area (Å²) in [5.74, 6) is -0.521. The van der Waals surface area contributed by atoms with E-state index in [1.54, 1.807) is 11.3 Å². The normalized spacial score (nSPS) is 10.5. The molecule has 0 spiro atoms. The minimum atomic E-state index is -0.620. The van der Waals surface area contributed by atoms with Crippen molar-refractivity contribution in [2.75, 3.05) is 0 Å². The summed E-state index contributed by atoms with van der Waals surface area (Å²) in [7, 11) is 0. The second-order valence-corrected chi connectivity index (χ2v) is 7.05. The van der Waals surface area contributed by atoms with Gasteiger partial charge in [0, 0.05) is 28.6 Å². The number of thiazole rings is 1. The van der Waals surface area contributed by atoms with E-state index in [1.807, 2.05) is 36.6 Å². The van der Waals surface area contributed by atoms with E-state index < -0.39 is 10.8 Å². The number of aromatic nitrogens is 1. The van der Waals surface area contributed by atoms with E-state index in [0.717, 1.165) is 21.8 Å². The number of halogens is 1. The lowest BCUT2D eigenvalue weighted by molar-refractivity contribution is -0.385. The van der Waals surface area contributed by atoms with Gasteiger partial charge in [-0.15, -0.1) is 11.3 Å². The third-order valence-corrected chi connectivity index (χ3v) is 4.73. The summed E-state index contributed by atoms with van der Waals surface area (Å²) in [6.07, 6.45) is 0. The highest BCUT2D eigenvalue weighted by atomic mass is 35.5. The van der Waals surface area contributed by atoms with Crippen LogP contribution in [0.2, 0.25) is 5.02 Å². The van der Waals surface area contributed by atoms with Crippen LogP contribution in [0.5, 0.6) is 0 Å². The van der Waals surface area contributed by atoms with Gasteiger partial charge in [-0.2, -0.15) is 0 Å². The highest BCUT2D eigenvalue weighted by Gasteiger charge is 2.20. The molecule has 0 saturated carbocycles. The van der Waals surface area contributed by atoms with Crippen molar-refractivity contribution in [1.29, 1.82) is 0 Å². The number of carbonyl (C=O) groups is 1. The van der Waals surface area contributed by atoms with E-state index in [4.69, 9.17) is 11.6 Å². The fourth-order valence-corrected chi connectivity index (χ4v) is 3.20. The average molecular weight is 388 g/mol. The summed E-state index contributed by atoms with van der Waals surface area (Å²) < 4.78 is 0. The Morgan fingerprint density at radius 1 is 1.27 bits per heavy atom. The molecule has 0 aliphatic carbocycles. The summed E-state index contributed by atoms with van der Waals surface area (Å²) in [6, 6.07) is 11.6. The molecule has 132 valence electrons. The van der Waals surface area contributed by atoms with Gasteiger partial charge in [0.05, 0.1) is 15.6 Å². The summed E-state index contributed by atoms with van der Waals surface area (Å²) in [6.45, 7) is 2.21. The van der Waals surface area contributed by atoms with E-state index in [9.17, 15) is 14.9 Å². The van der Waals surface area contributed by atoms with Crippen molar-refractivity contribution >= 4 is 34.5 Å². The molecular formula is C18H14ClN3O3S. The number of hydrogen-bond acceptors (Lipinski definition) is 5. The first-order valence-corrected chi connectivity index (χ1v) is 8.93. The van der Waals surface area contributed by atoms with Crippen LogP contribution in [0.15, 0.2) is 47.8 Å². The molecule has 26 heavy (non-hydrogen) atoms. The highest BCUT2D eigenvalue weighted by Crippen LogP contribution is 2.24. The zero-order valence-electron chi connectivity index (χ0n) is 13.7. The lowest BCUT2D eigenvalue weighted by Crippen LogP contribution is -2.23. The fraction of sp³-hybridized carbons (Fsp3) is 0.111. The van der Waals surface area contributed by atoms with Crippen molar-refractivity contribution in [2.45, 2.75) is 13.5 Å². The number of hydrogen-bond donors (Lipinski definition) is 1. The molecule has 0 saturated heterocycles. The van der Waals surface area contributed by atoms with Crippen LogP contribution in [0.4, 0.5) is 5.69 Å². The van der Waals surface area contributed by atoms with Gasteiger partial charge in [0.1, 0.15) is 5.56 Å². The van der Waals surface area contributed by atoms with E-state index in [2.05, 4.69) is 10.3 Å².